The zero-order chi connectivity index (χ0) is 14.0. The maximum absolute atomic E-state index is 11.6. The summed E-state index contributed by atoms with van der Waals surface area (Å²) >= 11 is 0. The highest BCUT2D eigenvalue weighted by molar-refractivity contribution is 5.98. The fourth-order valence-electron chi connectivity index (χ4n) is 1.76. The summed E-state index contributed by atoms with van der Waals surface area (Å²) in [6, 6.07) is 6.56. The second-order valence-corrected chi connectivity index (χ2v) is 4.26. The first-order valence-electron chi connectivity index (χ1n) is 5.70. The SMILES string of the molecule is C=C(C)C(=O)Oc1ccccc1C1CC(=O)OC1=O. The summed E-state index contributed by atoms with van der Waals surface area (Å²) in [4.78, 5) is 34.2. The Hall–Kier alpha value is -2.43. The second kappa shape index (κ2) is 5.06. The van der Waals surface area contributed by atoms with E-state index in [1.807, 2.05) is 0 Å². The van der Waals surface area contributed by atoms with Gasteiger partial charge >= 0.3 is 17.9 Å². The van der Waals surface area contributed by atoms with E-state index >= 15 is 0 Å². The Bertz CT molecular complexity index is 573. The lowest BCUT2D eigenvalue weighted by Crippen LogP contribution is -2.12. The van der Waals surface area contributed by atoms with Gasteiger partial charge in [0.25, 0.3) is 0 Å². The number of para-hydroxylation sites is 1. The van der Waals surface area contributed by atoms with Crippen molar-refractivity contribution in [2.75, 3.05) is 0 Å². The van der Waals surface area contributed by atoms with E-state index in [0.717, 1.165) is 0 Å². The van der Waals surface area contributed by atoms with E-state index in [9.17, 15) is 14.4 Å². The summed E-state index contributed by atoms with van der Waals surface area (Å²) < 4.78 is 9.65. The number of carbonyl (C=O) groups excluding carboxylic acids is 3. The first kappa shape index (κ1) is 13.0. The van der Waals surface area contributed by atoms with Gasteiger partial charge in [0.05, 0.1) is 12.3 Å². The molecule has 19 heavy (non-hydrogen) atoms. The van der Waals surface area contributed by atoms with E-state index in [4.69, 9.17) is 4.74 Å². The molecule has 0 saturated carbocycles. The lowest BCUT2D eigenvalue weighted by molar-refractivity contribution is -0.152. The van der Waals surface area contributed by atoms with Crippen molar-refractivity contribution >= 4 is 17.9 Å². The van der Waals surface area contributed by atoms with Crippen molar-refractivity contribution in [1.29, 1.82) is 0 Å². The Morgan fingerprint density at radius 3 is 2.63 bits per heavy atom. The summed E-state index contributed by atoms with van der Waals surface area (Å²) in [5.74, 6) is -2.25. The van der Waals surface area contributed by atoms with Crippen LogP contribution >= 0.6 is 0 Å². The van der Waals surface area contributed by atoms with Crippen LogP contribution in [-0.2, 0) is 19.1 Å². The van der Waals surface area contributed by atoms with Crippen molar-refractivity contribution in [2.24, 2.45) is 0 Å². The third-order valence-electron chi connectivity index (χ3n) is 2.72. The van der Waals surface area contributed by atoms with Crippen molar-refractivity contribution < 1.29 is 23.9 Å². The monoisotopic (exact) mass is 260 g/mol. The minimum atomic E-state index is -0.721. The van der Waals surface area contributed by atoms with Crippen LogP contribution in [0.2, 0.25) is 0 Å². The van der Waals surface area contributed by atoms with Crippen LogP contribution < -0.4 is 4.74 Å². The molecule has 1 aromatic carbocycles. The van der Waals surface area contributed by atoms with Crippen LogP contribution in [0.3, 0.4) is 0 Å². The highest BCUT2D eigenvalue weighted by Gasteiger charge is 2.36. The van der Waals surface area contributed by atoms with Crippen LogP contribution in [-0.4, -0.2) is 17.9 Å². The highest BCUT2D eigenvalue weighted by Crippen LogP contribution is 2.34. The molecule has 1 saturated heterocycles. The number of hydrogen-bond acceptors (Lipinski definition) is 5. The minimum Gasteiger partial charge on any atom is -0.423 e. The fourth-order valence-corrected chi connectivity index (χ4v) is 1.76. The average molecular weight is 260 g/mol. The first-order valence-corrected chi connectivity index (χ1v) is 5.70. The molecule has 0 aliphatic carbocycles. The standard InChI is InChI=1S/C14H12O5/c1-8(2)13(16)18-11-6-4-3-5-9(11)10-7-12(15)19-14(10)17/h3-6,10H,1,7H2,2H3. The Morgan fingerprint density at radius 1 is 1.37 bits per heavy atom. The number of esters is 3. The molecule has 0 N–H and O–H groups in total. The van der Waals surface area contributed by atoms with Gasteiger partial charge in [-0.2, -0.15) is 0 Å². The Morgan fingerprint density at radius 2 is 2.05 bits per heavy atom. The molecule has 5 nitrogen and oxygen atoms in total. The van der Waals surface area contributed by atoms with Crippen LogP contribution in [0, 0.1) is 0 Å². The van der Waals surface area contributed by atoms with E-state index < -0.39 is 23.8 Å². The molecule has 0 radical (unpaired) electrons. The van der Waals surface area contributed by atoms with E-state index in [-0.39, 0.29) is 17.7 Å². The number of ether oxygens (including phenoxy) is 2. The number of carbonyl (C=O) groups is 3. The molecule has 1 aliphatic rings. The van der Waals surface area contributed by atoms with Gasteiger partial charge in [0.15, 0.2) is 0 Å². The van der Waals surface area contributed by atoms with Gasteiger partial charge in [-0.15, -0.1) is 0 Å². The molecule has 1 heterocycles. The smallest absolute Gasteiger partial charge is 0.338 e. The van der Waals surface area contributed by atoms with E-state index in [1.54, 1.807) is 24.3 Å². The van der Waals surface area contributed by atoms with Gasteiger partial charge in [-0.3, -0.25) is 9.59 Å². The number of rotatable bonds is 3. The molecular weight excluding hydrogens is 248 g/mol. The van der Waals surface area contributed by atoms with E-state index in [1.165, 1.54) is 6.92 Å². The van der Waals surface area contributed by atoms with Gasteiger partial charge in [0, 0.05) is 11.1 Å². The molecule has 1 fully saturated rings. The predicted molar refractivity (Wildman–Crippen MR) is 65.3 cm³/mol. The van der Waals surface area contributed by atoms with Crippen LogP contribution in [0.5, 0.6) is 5.75 Å². The molecule has 0 spiro atoms. The van der Waals surface area contributed by atoms with Gasteiger partial charge in [0.2, 0.25) is 0 Å². The molecule has 1 atom stereocenters. The van der Waals surface area contributed by atoms with Gasteiger partial charge in [-0.1, -0.05) is 24.8 Å². The normalized spacial score (nSPS) is 18.1. The minimum absolute atomic E-state index is 0.0412. The summed E-state index contributed by atoms with van der Waals surface area (Å²) in [6.45, 7) is 5.01. The summed E-state index contributed by atoms with van der Waals surface area (Å²) in [5, 5.41) is 0. The van der Waals surface area contributed by atoms with Crippen molar-refractivity contribution in [1.82, 2.24) is 0 Å². The molecule has 0 bridgehead atoms. The van der Waals surface area contributed by atoms with Gasteiger partial charge in [0.1, 0.15) is 5.75 Å². The zero-order valence-electron chi connectivity index (χ0n) is 10.3. The lowest BCUT2D eigenvalue weighted by atomic mass is 9.97. The van der Waals surface area contributed by atoms with E-state index in [0.29, 0.717) is 5.56 Å². The summed E-state index contributed by atoms with van der Waals surface area (Å²) in [7, 11) is 0. The maximum atomic E-state index is 11.6. The van der Waals surface area contributed by atoms with Crippen molar-refractivity contribution in [3.8, 4) is 5.75 Å². The van der Waals surface area contributed by atoms with Crippen LogP contribution in [0.4, 0.5) is 0 Å². The average Bonchev–Trinajstić information content (AvgIpc) is 2.69. The van der Waals surface area contributed by atoms with Crippen LogP contribution in [0.1, 0.15) is 24.8 Å². The zero-order valence-corrected chi connectivity index (χ0v) is 10.3. The second-order valence-electron chi connectivity index (χ2n) is 4.26. The Kier molecular flexibility index (Phi) is 3.46. The Labute approximate surface area is 109 Å². The molecule has 0 amide bonds. The van der Waals surface area contributed by atoms with Gasteiger partial charge in [-0.05, 0) is 13.0 Å². The number of cyclic esters (lactones) is 2. The van der Waals surface area contributed by atoms with Gasteiger partial charge < -0.3 is 9.47 Å². The molecular formula is C14H12O5. The fraction of sp³-hybridized carbons (Fsp3) is 0.214. The molecule has 98 valence electrons. The molecule has 1 unspecified atom stereocenters. The third-order valence-corrected chi connectivity index (χ3v) is 2.72. The topological polar surface area (TPSA) is 69.7 Å². The summed E-state index contributed by atoms with van der Waals surface area (Å²) in [5.41, 5.74) is 0.716. The van der Waals surface area contributed by atoms with Gasteiger partial charge in [-0.25, -0.2) is 4.79 Å². The number of benzene rings is 1. The largest absolute Gasteiger partial charge is 0.423 e. The maximum Gasteiger partial charge on any atom is 0.338 e. The molecule has 1 aromatic rings. The predicted octanol–water partition coefficient (Wildman–Crippen LogP) is 1.73. The highest BCUT2D eigenvalue weighted by atomic mass is 16.6. The quantitative estimate of drug-likeness (QED) is 0.358. The van der Waals surface area contributed by atoms with Crippen LogP contribution in [0.15, 0.2) is 36.4 Å². The van der Waals surface area contributed by atoms with Crippen LogP contribution in [0.25, 0.3) is 0 Å². The molecule has 0 aromatic heterocycles. The lowest BCUT2D eigenvalue weighted by Gasteiger charge is -2.11. The number of hydrogen-bond donors (Lipinski definition) is 0. The molecule has 1 aliphatic heterocycles. The molecule has 2 rings (SSSR count). The van der Waals surface area contributed by atoms with E-state index in [2.05, 4.69) is 11.3 Å². The van der Waals surface area contributed by atoms with Crippen molar-refractivity contribution in [3.63, 3.8) is 0 Å². The van der Waals surface area contributed by atoms with Crippen molar-refractivity contribution in [2.45, 2.75) is 19.3 Å². The summed E-state index contributed by atoms with van der Waals surface area (Å²) in [6.07, 6.45) is -0.0412. The first-order chi connectivity index (χ1) is 8.99. The molecule has 5 heteroatoms. The Balaban J connectivity index is 2.31. The van der Waals surface area contributed by atoms with Crippen molar-refractivity contribution in [3.05, 3.63) is 42.0 Å². The third kappa shape index (κ3) is 2.70.